The van der Waals surface area contributed by atoms with Gasteiger partial charge in [-0.1, -0.05) is 18.2 Å². The zero-order valence-corrected chi connectivity index (χ0v) is 16.4. The van der Waals surface area contributed by atoms with E-state index in [1.165, 1.54) is 0 Å². The van der Waals surface area contributed by atoms with Crippen LogP contribution >= 0.6 is 0 Å². The summed E-state index contributed by atoms with van der Waals surface area (Å²) in [5, 5.41) is 7.35. The molecule has 1 amide bonds. The molecule has 7 heteroatoms. The summed E-state index contributed by atoms with van der Waals surface area (Å²) in [7, 11) is 1.89. The average molecular weight is 371 g/mol. The molecule has 3 rings (SSSR count). The normalized spacial score (nSPS) is 15.7. The van der Waals surface area contributed by atoms with Crippen LogP contribution in [-0.4, -0.2) is 71.4 Å². The molecular formula is C20H29N5O2. The summed E-state index contributed by atoms with van der Waals surface area (Å²) in [6, 6.07) is 9.89. The Kier molecular flexibility index (Phi) is 6.47. The molecule has 1 saturated heterocycles. The minimum Gasteiger partial charge on any atom is -0.492 e. The van der Waals surface area contributed by atoms with Gasteiger partial charge in [0.15, 0.2) is 0 Å². The molecule has 0 radical (unpaired) electrons. The fourth-order valence-electron chi connectivity index (χ4n) is 3.32. The number of anilines is 1. The number of hydrogen-bond acceptors (Lipinski definition) is 5. The van der Waals surface area contributed by atoms with Gasteiger partial charge in [0.05, 0.1) is 23.6 Å². The van der Waals surface area contributed by atoms with Crippen molar-refractivity contribution in [2.24, 2.45) is 7.05 Å². The van der Waals surface area contributed by atoms with Gasteiger partial charge < -0.3 is 10.1 Å². The topological polar surface area (TPSA) is 62.6 Å². The van der Waals surface area contributed by atoms with Gasteiger partial charge in [0.1, 0.15) is 12.4 Å². The molecule has 146 valence electrons. The lowest BCUT2D eigenvalue weighted by Gasteiger charge is -2.34. The van der Waals surface area contributed by atoms with Crippen molar-refractivity contribution >= 4 is 11.6 Å². The summed E-state index contributed by atoms with van der Waals surface area (Å²) in [6.07, 6.45) is 0. The number of benzene rings is 1. The van der Waals surface area contributed by atoms with Crippen LogP contribution < -0.4 is 10.1 Å². The predicted octanol–water partition coefficient (Wildman–Crippen LogP) is 1.67. The van der Waals surface area contributed by atoms with Crippen LogP contribution in [0.1, 0.15) is 11.4 Å². The van der Waals surface area contributed by atoms with Gasteiger partial charge >= 0.3 is 0 Å². The van der Waals surface area contributed by atoms with Gasteiger partial charge in [-0.15, -0.1) is 0 Å². The molecule has 0 bridgehead atoms. The summed E-state index contributed by atoms with van der Waals surface area (Å²) in [4.78, 5) is 17.0. The highest BCUT2D eigenvalue weighted by Crippen LogP contribution is 2.18. The summed E-state index contributed by atoms with van der Waals surface area (Å²) in [5.74, 6) is 0.934. The summed E-state index contributed by atoms with van der Waals surface area (Å²) >= 11 is 0. The Morgan fingerprint density at radius 1 is 1.11 bits per heavy atom. The summed E-state index contributed by atoms with van der Waals surface area (Å²) in [6.45, 7) is 9.58. The number of hydrogen-bond donors (Lipinski definition) is 1. The molecule has 0 spiro atoms. The average Bonchev–Trinajstić information content (AvgIpc) is 2.90. The SMILES string of the molecule is Cc1nn(C)c(C)c1NC(=O)CN1CCN(CCOc2ccccc2)CC1. The van der Waals surface area contributed by atoms with Crippen molar-refractivity contribution in [3.63, 3.8) is 0 Å². The fraction of sp³-hybridized carbons (Fsp3) is 0.500. The molecule has 0 atom stereocenters. The molecular weight excluding hydrogens is 342 g/mol. The highest BCUT2D eigenvalue weighted by Gasteiger charge is 2.20. The smallest absolute Gasteiger partial charge is 0.238 e. The first-order valence-corrected chi connectivity index (χ1v) is 9.45. The van der Waals surface area contributed by atoms with E-state index in [1.807, 2.05) is 51.2 Å². The monoisotopic (exact) mass is 371 g/mol. The predicted molar refractivity (Wildman–Crippen MR) is 106 cm³/mol. The molecule has 1 aliphatic rings. The minimum absolute atomic E-state index is 0.0232. The van der Waals surface area contributed by atoms with E-state index in [0.29, 0.717) is 13.2 Å². The Morgan fingerprint density at radius 3 is 2.41 bits per heavy atom. The van der Waals surface area contributed by atoms with Crippen LogP contribution in [0.5, 0.6) is 5.75 Å². The van der Waals surface area contributed by atoms with Crippen LogP contribution in [0.3, 0.4) is 0 Å². The molecule has 1 aromatic heterocycles. The quantitative estimate of drug-likeness (QED) is 0.802. The van der Waals surface area contributed by atoms with Crippen LogP contribution in [0.4, 0.5) is 5.69 Å². The fourth-order valence-corrected chi connectivity index (χ4v) is 3.32. The van der Waals surface area contributed by atoms with Gasteiger partial charge in [0.25, 0.3) is 0 Å². The number of amides is 1. The Labute approximate surface area is 160 Å². The van der Waals surface area contributed by atoms with E-state index in [0.717, 1.165) is 55.5 Å². The molecule has 2 heterocycles. The van der Waals surface area contributed by atoms with Crippen molar-refractivity contribution in [2.45, 2.75) is 13.8 Å². The van der Waals surface area contributed by atoms with E-state index >= 15 is 0 Å². The number of nitrogens with zero attached hydrogens (tertiary/aromatic N) is 4. The molecule has 7 nitrogen and oxygen atoms in total. The Morgan fingerprint density at radius 2 is 1.78 bits per heavy atom. The molecule has 1 aliphatic heterocycles. The van der Waals surface area contributed by atoms with Gasteiger partial charge in [0, 0.05) is 39.8 Å². The maximum absolute atomic E-state index is 12.4. The molecule has 2 aromatic rings. The number of piperazine rings is 1. The minimum atomic E-state index is 0.0232. The zero-order chi connectivity index (χ0) is 19.2. The van der Waals surface area contributed by atoms with Gasteiger partial charge in [-0.3, -0.25) is 19.3 Å². The van der Waals surface area contributed by atoms with E-state index in [2.05, 4.69) is 20.2 Å². The third-order valence-electron chi connectivity index (χ3n) is 5.03. The number of rotatable bonds is 7. The van der Waals surface area contributed by atoms with Gasteiger partial charge in [-0.05, 0) is 26.0 Å². The molecule has 1 fully saturated rings. The maximum Gasteiger partial charge on any atom is 0.238 e. The van der Waals surface area contributed by atoms with Gasteiger partial charge in [-0.2, -0.15) is 5.10 Å². The first-order valence-electron chi connectivity index (χ1n) is 9.45. The van der Waals surface area contributed by atoms with E-state index in [-0.39, 0.29) is 5.91 Å². The number of aromatic nitrogens is 2. The van der Waals surface area contributed by atoms with Crippen LogP contribution in [-0.2, 0) is 11.8 Å². The van der Waals surface area contributed by atoms with E-state index in [9.17, 15) is 4.79 Å². The van der Waals surface area contributed by atoms with E-state index < -0.39 is 0 Å². The van der Waals surface area contributed by atoms with Crippen LogP contribution in [0, 0.1) is 13.8 Å². The van der Waals surface area contributed by atoms with Gasteiger partial charge in [-0.25, -0.2) is 0 Å². The van der Waals surface area contributed by atoms with Crippen LogP contribution in [0.15, 0.2) is 30.3 Å². The molecule has 0 unspecified atom stereocenters. The van der Waals surface area contributed by atoms with Crippen molar-refractivity contribution in [3.05, 3.63) is 41.7 Å². The summed E-state index contributed by atoms with van der Waals surface area (Å²) in [5.41, 5.74) is 2.66. The first kappa shape index (κ1) is 19.4. The van der Waals surface area contributed by atoms with Crippen LogP contribution in [0.25, 0.3) is 0 Å². The van der Waals surface area contributed by atoms with Gasteiger partial charge in [0.2, 0.25) is 5.91 Å². The Balaban J connectivity index is 1.37. The maximum atomic E-state index is 12.4. The van der Waals surface area contributed by atoms with E-state index in [4.69, 9.17) is 4.74 Å². The lowest BCUT2D eigenvalue weighted by atomic mass is 10.3. The highest BCUT2D eigenvalue weighted by atomic mass is 16.5. The number of carbonyl (C=O) groups excluding carboxylic acids is 1. The first-order chi connectivity index (χ1) is 13.0. The second kappa shape index (κ2) is 9.01. The van der Waals surface area contributed by atoms with E-state index in [1.54, 1.807) is 4.68 Å². The number of nitrogens with one attached hydrogen (secondary N) is 1. The zero-order valence-electron chi connectivity index (χ0n) is 16.4. The van der Waals surface area contributed by atoms with Crippen molar-refractivity contribution in [1.29, 1.82) is 0 Å². The third kappa shape index (κ3) is 5.30. The molecule has 0 aliphatic carbocycles. The Bertz CT molecular complexity index is 751. The summed E-state index contributed by atoms with van der Waals surface area (Å²) < 4.78 is 7.56. The number of carbonyl (C=O) groups is 1. The number of ether oxygens (including phenoxy) is 1. The Hall–Kier alpha value is -2.38. The molecule has 0 saturated carbocycles. The van der Waals surface area contributed by atoms with Crippen LogP contribution in [0.2, 0.25) is 0 Å². The molecule has 27 heavy (non-hydrogen) atoms. The highest BCUT2D eigenvalue weighted by molar-refractivity contribution is 5.93. The second-order valence-corrected chi connectivity index (χ2v) is 7.00. The van der Waals surface area contributed by atoms with Crippen molar-refractivity contribution in [1.82, 2.24) is 19.6 Å². The lowest BCUT2D eigenvalue weighted by molar-refractivity contribution is -0.117. The third-order valence-corrected chi connectivity index (χ3v) is 5.03. The lowest BCUT2D eigenvalue weighted by Crippen LogP contribution is -2.49. The molecule has 1 aromatic carbocycles. The standard InChI is InChI=1S/C20H29N5O2/c1-16-20(17(2)23(3)22-16)21-19(26)15-25-11-9-24(10-12-25)13-14-27-18-7-5-4-6-8-18/h4-8H,9-15H2,1-3H3,(H,21,26). The largest absolute Gasteiger partial charge is 0.492 e. The second-order valence-electron chi connectivity index (χ2n) is 7.00. The number of para-hydroxylation sites is 1. The van der Waals surface area contributed by atoms with Crippen molar-refractivity contribution in [2.75, 3.05) is 51.2 Å². The number of aryl methyl sites for hydroxylation is 2. The van der Waals surface area contributed by atoms with Crippen molar-refractivity contribution in [3.8, 4) is 5.75 Å². The van der Waals surface area contributed by atoms with Crippen molar-refractivity contribution < 1.29 is 9.53 Å². The molecule has 1 N–H and O–H groups in total.